The van der Waals surface area contributed by atoms with Crippen molar-refractivity contribution in [1.29, 1.82) is 10.5 Å². The van der Waals surface area contributed by atoms with E-state index in [1.54, 1.807) is 30.5 Å². The number of nitrogens with zero attached hydrogens (tertiary/aromatic N) is 3. The summed E-state index contributed by atoms with van der Waals surface area (Å²) in [5, 5.41) is 23.4. The zero-order chi connectivity index (χ0) is 13.7. The highest BCUT2D eigenvalue weighted by molar-refractivity contribution is 7.10. The fourth-order valence-electron chi connectivity index (χ4n) is 1.42. The Balaban J connectivity index is 2.16. The molecule has 0 fully saturated rings. The van der Waals surface area contributed by atoms with Gasteiger partial charge in [0.05, 0.1) is 11.6 Å². The van der Waals surface area contributed by atoms with Gasteiger partial charge in [-0.15, -0.1) is 11.3 Å². The standard InChI is InChI=1S/C14H10N4S/c1-10-9-19-14(18-10)12(7-16)8-17-13-4-2-11(6-15)3-5-13/h2-5,8-9,17H,1H3/b12-8+. The maximum absolute atomic E-state index is 9.11. The van der Waals surface area contributed by atoms with Crippen LogP contribution in [0.15, 0.2) is 35.8 Å². The van der Waals surface area contributed by atoms with Crippen molar-refractivity contribution in [2.24, 2.45) is 0 Å². The first-order valence-corrected chi connectivity index (χ1v) is 6.40. The first kappa shape index (κ1) is 12.8. The molecule has 1 aromatic carbocycles. The lowest BCUT2D eigenvalue weighted by molar-refractivity contribution is 1.24. The summed E-state index contributed by atoms with van der Waals surface area (Å²) in [4.78, 5) is 4.27. The average Bonchev–Trinajstić information content (AvgIpc) is 2.87. The molecule has 1 aromatic heterocycles. The maximum atomic E-state index is 9.11. The summed E-state index contributed by atoms with van der Waals surface area (Å²) in [6.45, 7) is 1.89. The number of anilines is 1. The molecule has 19 heavy (non-hydrogen) atoms. The molecule has 0 saturated carbocycles. The molecule has 0 aliphatic heterocycles. The van der Waals surface area contributed by atoms with Crippen molar-refractivity contribution in [1.82, 2.24) is 4.98 Å². The normalized spacial score (nSPS) is 10.6. The highest BCUT2D eigenvalue weighted by Gasteiger charge is 2.04. The minimum Gasteiger partial charge on any atom is -0.360 e. The summed E-state index contributed by atoms with van der Waals surface area (Å²) in [7, 11) is 0. The molecule has 5 heteroatoms. The molecular weight excluding hydrogens is 256 g/mol. The third-order valence-electron chi connectivity index (χ3n) is 2.37. The Morgan fingerprint density at radius 3 is 2.58 bits per heavy atom. The van der Waals surface area contributed by atoms with E-state index in [1.807, 2.05) is 12.3 Å². The quantitative estimate of drug-likeness (QED) is 0.865. The Morgan fingerprint density at radius 1 is 1.32 bits per heavy atom. The lowest BCUT2D eigenvalue weighted by Crippen LogP contribution is -1.91. The number of hydrogen-bond acceptors (Lipinski definition) is 5. The molecule has 2 rings (SSSR count). The molecule has 0 aliphatic rings. The van der Waals surface area contributed by atoms with Crippen LogP contribution in [0.3, 0.4) is 0 Å². The van der Waals surface area contributed by atoms with E-state index < -0.39 is 0 Å². The zero-order valence-electron chi connectivity index (χ0n) is 10.2. The number of aryl methyl sites for hydroxylation is 1. The van der Waals surface area contributed by atoms with E-state index in [4.69, 9.17) is 10.5 Å². The maximum Gasteiger partial charge on any atom is 0.135 e. The number of allylic oxidation sites excluding steroid dienone is 1. The summed E-state index contributed by atoms with van der Waals surface area (Å²) < 4.78 is 0. The fourth-order valence-corrected chi connectivity index (χ4v) is 2.18. The van der Waals surface area contributed by atoms with E-state index in [1.165, 1.54) is 11.3 Å². The molecule has 0 aliphatic carbocycles. The third kappa shape index (κ3) is 3.19. The van der Waals surface area contributed by atoms with Crippen LogP contribution in [0.4, 0.5) is 5.69 Å². The van der Waals surface area contributed by atoms with Gasteiger partial charge in [0.15, 0.2) is 0 Å². The number of benzene rings is 1. The van der Waals surface area contributed by atoms with Crippen molar-refractivity contribution in [3.8, 4) is 12.1 Å². The lowest BCUT2D eigenvalue weighted by Gasteiger charge is -2.01. The monoisotopic (exact) mass is 266 g/mol. The summed E-state index contributed by atoms with van der Waals surface area (Å²) in [6, 6.07) is 11.2. The van der Waals surface area contributed by atoms with Gasteiger partial charge in [-0.05, 0) is 31.2 Å². The topological polar surface area (TPSA) is 72.5 Å². The summed E-state index contributed by atoms with van der Waals surface area (Å²) in [6.07, 6.45) is 1.62. The Hall–Kier alpha value is -2.63. The first-order valence-electron chi connectivity index (χ1n) is 5.52. The Labute approximate surface area is 115 Å². The third-order valence-corrected chi connectivity index (χ3v) is 3.36. The van der Waals surface area contributed by atoms with Gasteiger partial charge in [-0.1, -0.05) is 0 Å². The molecule has 92 valence electrons. The molecule has 0 saturated heterocycles. The van der Waals surface area contributed by atoms with E-state index in [0.29, 0.717) is 16.1 Å². The number of aromatic nitrogens is 1. The van der Waals surface area contributed by atoms with Crippen LogP contribution in [0.5, 0.6) is 0 Å². The van der Waals surface area contributed by atoms with E-state index in [9.17, 15) is 0 Å². The van der Waals surface area contributed by atoms with Gasteiger partial charge in [-0.2, -0.15) is 10.5 Å². The van der Waals surface area contributed by atoms with Gasteiger partial charge in [0, 0.05) is 23.0 Å². The van der Waals surface area contributed by atoms with Gasteiger partial charge in [0.25, 0.3) is 0 Å². The number of nitriles is 2. The smallest absolute Gasteiger partial charge is 0.135 e. The van der Waals surface area contributed by atoms with Crippen molar-refractivity contribution >= 4 is 22.6 Å². The number of nitrogens with one attached hydrogen (secondary N) is 1. The van der Waals surface area contributed by atoms with Gasteiger partial charge >= 0.3 is 0 Å². The number of hydrogen-bond donors (Lipinski definition) is 1. The molecular formula is C14H10N4S. The van der Waals surface area contributed by atoms with E-state index in [0.717, 1.165) is 11.4 Å². The van der Waals surface area contributed by atoms with Gasteiger partial charge in [0.2, 0.25) is 0 Å². The molecule has 1 N–H and O–H groups in total. The van der Waals surface area contributed by atoms with Crippen LogP contribution >= 0.6 is 11.3 Å². The van der Waals surface area contributed by atoms with Gasteiger partial charge in [-0.25, -0.2) is 4.98 Å². The van der Waals surface area contributed by atoms with E-state index >= 15 is 0 Å². The zero-order valence-corrected chi connectivity index (χ0v) is 11.0. The van der Waals surface area contributed by atoms with Gasteiger partial charge in [0.1, 0.15) is 16.6 Å². The molecule has 0 amide bonds. The van der Waals surface area contributed by atoms with E-state index in [-0.39, 0.29) is 0 Å². The first-order chi connectivity index (χ1) is 9.22. The lowest BCUT2D eigenvalue weighted by atomic mass is 10.2. The van der Waals surface area contributed by atoms with Crippen LogP contribution in [0.25, 0.3) is 5.57 Å². The van der Waals surface area contributed by atoms with Crippen LogP contribution in [0.1, 0.15) is 16.3 Å². The SMILES string of the molecule is Cc1csc(/C(C#N)=C/Nc2ccc(C#N)cc2)n1. The molecule has 0 radical (unpaired) electrons. The molecule has 0 bridgehead atoms. The summed E-state index contributed by atoms with van der Waals surface area (Å²) in [5.41, 5.74) is 2.81. The predicted molar refractivity (Wildman–Crippen MR) is 75.2 cm³/mol. The number of thiazole rings is 1. The van der Waals surface area contributed by atoms with Crippen molar-refractivity contribution in [2.45, 2.75) is 6.92 Å². The summed E-state index contributed by atoms with van der Waals surface area (Å²) in [5.74, 6) is 0. The van der Waals surface area contributed by atoms with Gasteiger partial charge < -0.3 is 5.32 Å². The highest BCUT2D eigenvalue weighted by Crippen LogP contribution is 2.19. The summed E-state index contributed by atoms with van der Waals surface area (Å²) >= 11 is 1.44. The molecule has 2 aromatic rings. The Kier molecular flexibility index (Phi) is 3.92. The predicted octanol–water partition coefficient (Wildman–Crippen LogP) is 3.30. The fraction of sp³-hybridized carbons (Fsp3) is 0.0714. The molecule has 0 atom stereocenters. The largest absolute Gasteiger partial charge is 0.360 e. The second-order valence-electron chi connectivity index (χ2n) is 3.80. The minimum atomic E-state index is 0.488. The Morgan fingerprint density at radius 2 is 2.05 bits per heavy atom. The highest BCUT2D eigenvalue weighted by atomic mass is 32.1. The second-order valence-corrected chi connectivity index (χ2v) is 4.66. The van der Waals surface area contributed by atoms with Crippen molar-refractivity contribution < 1.29 is 0 Å². The molecule has 1 heterocycles. The average molecular weight is 266 g/mol. The number of rotatable bonds is 3. The van der Waals surface area contributed by atoms with Crippen LogP contribution in [-0.2, 0) is 0 Å². The molecule has 0 spiro atoms. The van der Waals surface area contributed by atoms with Crippen molar-refractivity contribution in [2.75, 3.05) is 5.32 Å². The minimum absolute atomic E-state index is 0.488. The van der Waals surface area contributed by atoms with Crippen LogP contribution in [-0.4, -0.2) is 4.98 Å². The van der Waals surface area contributed by atoms with Crippen LogP contribution in [0, 0.1) is 29.6 Å². The van der Waals surface area contributed by atoms with Crippen molar-refractivity contribution in [3.05, 3.63) is 52.1 Å². The molecule has 4 nitrogen and oxygen atoms in total. The Bertz CT molecular complexity index is 683. The van der Waals surface area contributed by atoms with Crippen molar-refractivity contribution in [3.63, 3.8) is 0 Å². The van der Waals surface area contributed by atoms with Crippen LogP contribution < -0.4 is 5.32 Å². The molecule has 0 unspecified atom stereocenters. The second kappa shape index (κ2) is 5.81. The van der Waals surface area contributed by atoms with Crippen LogP contribution in [0.2, 0.25) is 0 Å². The van der Waals surface area contributed by atoms with Gasteiger partial charge in [-0.3, -0.25) is 0 Å². The van der Waals surface area contributed by atoms with E-state index in [2.05, 4.69) is 22.4 Å².